The summed E-state index contributed by atoms with van der Waals surface area (Å²) in [6.45, 7) is 6.02. The monoisotopic (exact) mass is 580 g/mol. The highest BCUT2D eigenvalue weighted by Gasteiger charge is 2.29. The van der Waals surface area contributed by atoms with Crippen molar-refractivity contribution in [3.8, 4) is 5.75 Å². The molecule has 1 aromatic heterocycles. The molecule has 9 nitrogen and oxygen atoms in total. The number of nitrogens with one attached hydrogen (secondary N) is 1. The van der Waals surface area contributed by atoms with E-state index < -0.39 is 22.0 Å². The summed E-state index contributed by atoms with van der Waals surface area (Å²) in [6.07, 6.45) is 0.0412. The average Bonchev–Trinajstić information content (AvgIpc) is 3.39. The number of ether oxygens (including phenoxy) is 1. The summed E-state index contributed by atoms with van der Waals surface area (Å²) >= 11 is 1.04. The highest BCUT2D eigenvalue weighted by molar-refractivity contribution is 7.90. The van der Waals surface area contributed by atoms with Crippen molar-refractivity contribution in [3.63, 3.8) is 0 Å². The Labute approximate surface area is 238 Å². The minimum Gasteiger partial charge on any atom is -0.475 e. The number of carbonyl (C=O) groups is 2. The number of amides is 2. The summed E-state index contributed by atoms with van der Waals surface area (Å²) in [5, 5.41) is 0. The minimum absolute atomic E-state index is 0.0265. The highest BCUT2D eigenvalue weighted by Crippen LogP contribution is 2.30. The van der Waals surface area contributed by atoms with Crippen LogP contribution >= 0.6 is 11.7 Å². The van der Waals surface area contributed by atoms with Gasteiger partial charge in [-0.05, 0) is 65.9 Å². The second kappa shape index (κ2) is 12.1. The first-order chi connectivity index (χ1) is 19.0. The number of fused-ring (bicyclic) bond motifs is 1. The van der Waals surface area contributed by atoms with E-state index in [2.05, 4.69) is 13.5 Å². The van der Waals surface area contributed by atoms with Crippen LogP contribution in [0.3, 0.4) is 0 Å². The van der Waals surface area contributed by atoms with Crippen molar-refractivity contribution in [2.45, 2.75) is 50.5 Å². The first kappa shape index (κ1) is 29.2. The number of aromatic nitrogens is 2. The predicted octanol–water partition coefficient (Wildman–Crippen LogP) is 5.09. The van der Waals surface area contributed by atoms with Gasteiger partial charge in [0.15, 0.2) is 0 Å². The number of hydrogen-bond donors (Lipinski definition) is 1. The van der Waals surface area contributed by atoms with E-state index in [9.17, 15) is 18.0 Å². The molecule has 0 aliphatic rings. The third kappa shape index (κ3) is 6.48. The molecule has 0 spiro atoms. The Hall–Kier alpha value is -3.83. The lowest BCUT2D eigenvalue weighted by molar-refractivity contribution is -0.126. The Kier molecular flexibility index (Phi) is 8.85. The molecule has 1 heterocycles. The van der Waals surface area contributed by atoms with Crippen LogP contribution in [0.25, 0.3) is 11.0 Å². The molecule has 0 saturated heterocycles. The number of hydrogen-bond acceptors (Lipinski definition) is 8. The molecule has 40 heavy (non-hydrogen) atoms. The van der Waals surface area contributed by atoms with Crippen molar-refractivity contribution < 1.29 is 22.7 Å². The second-order valence-electron chi connectivity index (χ2n) is 9.98. The Bertz CT molecular complexity index is 1630. The molecule has 0 fully saturated rings. The molecule has 0 bridgehead atoms. The molecule has 11 heteroatoms. The number of rotatable bonds is 10. The van der Waals surface area contributed by atoms with Crippen molar-refractivity contribution in [1.29, 1.82) is 0 Å². The Morgan fingerprint density at radius 3 is 2.27 bits per heavy atom. The van der Waals surface area contributed by atoms with Crippen molar-refractivity contribution in [2.24, 2.45) is 0 Å². The summed E-state index contributed by atoms with van der Waals surface area (Å²) < 4.78 is 43.3. The summed E-state index contributed by atoms with van der Waals surface area (Å²) in [4.78, 5) is 27.6. The third-order valence-electron chi connectivity index (χ3n) is 6.39. The van der Waals surface area contributed by atoms with Gasteiger partial charge < -0.3 is 9.64 Å². The number of aryl methyl sites for hydroxylation is 1. The zero-order chi connectivity index (χ0) is 29.0. The SMILES string of the molecule is CCCc1cc(C(=O)N(C)C)ccc1OC(C(=O)NS(=O)(=O)c1ccc(C(C)C)cc1)c1ccc2nsnc2c1. The maximum absolute atomic E-state index is 13.6. The largest absolute Gasteiger partial charge is 0.475 e. The van der Waals surface area contributed by atoms with Gasteiger partial charge in [0.25, 0.3) is 21.8 Å². The molecule has 1 unspecified atom stereocenters. The Balaban J connectivity index is 1.71. The zero-order valence-corrected chi connectivity index (χ0v) is 24.7. The van der Waals surface area contributed by atoms with Crippen LogP contribution in [-0.2, 0) is 21.2 Å². The molecule has 1 atom stereocenters. The maximum atomic E-state index is 13.6. The average molecular weight is 581 g/mol. The number of nitrogens with zero attached hydrogens (tertiary/aromatic N) is 3. The van der Waals surface area contributed by atoms with Gasteiger partial charge in [0.05, 0.1) is 16.6 Å². The smallest absolute Gasteiger partial charge is 0.279 e. The van der Waals surface area contributed by atoms with Gasteiger partial charge in [-0.3, -0.25) is 9.59 Å². The minimum atomic E-state index is -4.18. The molecule has 210 valence electrons. The van der Waals surface area contributed by atoms with Gasteiger partial charge in [-0.1, -0.05) is 45.4 Å². The predicted molar refractivity (Wildman–Crippen MR) is 155 cm³/mol. The van der Waals surface area contributed by atoms with Gasteiger partial charge in [-0.15, -0.1) is 0 Å². The van der Waals surface area contributed by atoms with Crippen LogP contribution in [0.2, 0.25) is 0 Å². The standard InChI is InChI=1S/C29H32N4O5S2/c1-6-7-20-16-22(29(35)33(4)5)11-15-26(20)38-27(21-10-14-24-25(17-21)31-39-30-24)28(34)32-40(36,37)23-12-8-19(9-13-23)18(2)3/h8-18,27H,6-7H2,1-5H3,(H,32,34). The zero-order valence-electron chi connectivity index (χ0n) is 23.0. The molecule has 0 aliphatic carbocycles. The van der Waals surface area contributed by atoms with E-state index in [1.807, 2.05) is 20.8 Å². The van der Waals surface area contributed by atoms with E-state index >= 15 is 0 Å². The maximum Gasteiger partial charge on any atom is 0.279 e. The highest BCUT2D eigenvalue weighted by atomic mass is 32.2. The molecular weight excluding hydrogens is 548 g/mol. The van der Waals surface area contributed by atoms with E-state index in [0.29, 0.717) is 34.3 Å². The van der Waals surface area contributed by atoms with Crippen LogP contribution < -0.4 is 9.46 Å². The van der Waals surface area contributed by atoms with Crippen LogP contribution in [-0.4, -0.2) is 48.0 Å². The van der Waals surface area contributed by atoms with E-state index in [1.54, 1.807) is 62.6 Å². The fourth-order valence-corrected chi connectivity index (χ4v) is 5.69. The second-order valence-corrected chi connectivity index (χ2v) is 12.2. The molecule has 3 aromatic carbocycles. The molecule has 0 aliphatic heterocycles. The summed E-state index contributed by atoms with van der Waals surface area (Å²) in [7, 11) is -0.835. The first-order valence-electron chi connectivity index (χ1n) is 12.9. The third-order valence-corrected chi connectivity index (χ3v) is 8.31. The lowest BCUT2D eigenvalue weighted by atomic mass is 10.0. The fraction of sp³-hybridized carbons (Fsp3) is 0.310. The van der Waals surface area contributed by atoms with Crippen molar-refractivity contribution >= 4 is 44.6 Å². The Morgan fingerprint density at radius 1 is 0.950 bits per heavy atom. The fourth-order valence-electron chi connectivity index (χ4n) is 4.19. The van der Waals surface area contributed by atoms with E-state index in [1.165, 1.54) is 17.0 Å². The van der Waals surface area contributed by atoms with Crippen LogP contribution in [0.1, 0.15) is 66.3 Å². The quantitative estimate of drug-likeness (QED) is 0.277. The number of benzene rings is 3. The van der Waals surface area contributed by atoms with Gasteiger partial charge >= 0.3 is 0 Å². The summed E-state index contributed by atoms with van der Waals surface area (Å²) in [5.74, 6) is -0.399. The van der Waals surface area contributed by atoms with Gasteiger partial charge in [-0.2, -0.15) is 8.75 Å². The molecule has 4 rings (SSSR count). The summed E-state index contributed by atoms with van der Waals surface area (Å²) in [6, 6.07) is 16.5. The Morgan fingerprint density at radius 2 is 1.62 bits per heavy atom. The van der Waals surface area contributed by atoms with E-state index in [-0.39, 0.29) is 16.7 Å². The molecule has 0 saturated carbocycles. The summed E-state index contributed by atoms with van der Waals surface area (Å²) in [5.41, 5.74) is 3.84. The molecule has 0 radical (unpaired) electrons. The van der Waals surface area contributed by atoms with Crippen molar-refractivity contribution in [3.05, 3.63) is 82.9 Å². The molecular formula is C29H32N4O5S2. The van der Waals surface area contributed by atoms with E-state index in [0.717, 1.165) is 29.3 Å². The van der Waals surface area contributed by atoms with Crippen LogP contribution in [0.4, 0.5) is 0 Å². The van der Waals surface area contributed by atoms with Gasteiger partial charge in [0.1, 0.15) is 16.8 Å². The first-order valence-corrected chi connectivity index (χ1v) is 15.1. The van der Waals surface area contributed by atoms with Crippen LogP contribution in [0, 0.1) is 0 Å². The molecule has 2 amide bonds. The molecule has 1 N–H and O–H groups in total. The number of carbonyl (C=O) groups excluding carboxylic acids is 2. The van der Waals surface area contributed by atoms with E-state index in [4.69, 9.17) is 4.74 Å². The topological polar surface area (TPSA) is 119 Å². The lowest BCUT2D eigenvalue weighted by Gasteiger charge is -2.22. The normalized spacial score (nSPS) is 12.3. The van der Waals surface area contributed by atoms with Gasteiger partial charge in [0.2, 0.25) is 6.10 Å². The lowest BCUT2D eigenvalue weighted by Crippen LogP contribution is -2.37. The van der Waals surface area contributed by atoms with Gasteiger partial charge in [-0.25, -0.2) is 13.1 Å². The molecule has 4 aromatic rings. The van der Waals surface area contributed by atoms with Crippen LogP contribution in [0.15, 0.2) is 65.6 Å². The van der Waals surface area contributed by atoms with Crippen molar-refractivity contribution in [2.75, 3.05) is 14.1 Å². The van der Waals surface area contributed by atoms with Crippen molar-refractivity contribution in [1.82, 2.24) is 18.4 Å². The van der Waals surface area contributed by atoms with Gasteiger partial charge in [0, 0.05) is 25.2 Å². The number of sulfonamides is 1. The van der Waals surface area contributed by atoms with Crippen LogP contribution in [0.5, 0.6) is 5.75 Å².